The van der Waals surface area contributed by atoms with Crippen LogP contribution in [0, 0.1) is 0 Å². The first-order chi connectivity index (χ1) is 8.04. The van der Waals surface area contributed by atoms with Gasteiger partial charge in [0.05, 0.1) is 5.02 Å². The zero-order chi connectivity index (χ0) is 12.8. The minimum Gasteiger partial charge on any atom is -0.373 e. The average molecular weight is 257 g/mol. The van der Waals surface area contributed by atoms with Crippen molar-refractivity contribution in [2.24, 2.45) is 5.73 Å². The second-order valence-corrected chi connectivity index (χ2v) is 3.66. The van der Waals surface area contributed by atoms with E-state index in [0.717, 1.165) is 0 Å². The highest BCUT2D eigenvalue weighted by Crippen LogP contribution is 2.16. The average Bonchev–Trinajstić information content (AvgIpc) is 2.29. The van der Waals surface area contributed by atoms with E-state index in [1.807, 2.05) is 0 Å². The number of hydrogen-bond donors (Lipinski definition) is 3. The molecule has 6 nitrogen and oxygen atoms in total. The highest BCUT2D eigenvalue weighted by Gasteiger charge is 2.12. The molecule has 0 radical (unpaired) electrons. The summed E-state index contributed by atoms with van der Waals surface area (Å²) >= 11 is 5.85. The van der Waals surface area contributed by atoms with Gasteiger partial charge in [0.25, 0.3) is 5.91 Å². The van der Waals surface area contributed by atoms with Gasteiger partial charge in [-0.1, -0.05) is 11.6 Å². The van der Waals surface area contributed by atoms with Crippen LogP contribution in [-0.4, -0.2) is 30.4 Å². The van der Waals surface area contributed by atoms with Crippen LogP contribution in [0.25, 0.3) is 0 Å². The highest BCUT2D eigenvalue weighted by atomic mass is 35.5. The minimum atomic E-state index is -0.478. The number of halogens is 1. The summed E-state index contributed by atoms with van der Waals surface area (Å²) in [4.78, 5) is 26.2. The molecule has 17 heavy (non-hydrogen) atoms. The van der Waals surface area contributed by atoms with Crippen LogP contribution in [0.3, 0.4) is 0 Å². The molecule has 0 spiro atoms. The van der Waals surface area contributed by atoms with Crippen molar-refractivity contribution in [3.63, 3.8) is 0 Å². The van der Waals surface area contributed by atoms with Gasteiger partial charge in [0.2, 0.25) is 5.91 Å². The fourth-order valence-corrected chi connectivity index (χ4v) is 1.31. The van der Waals surface area contributed by atoms with E-state index in [1.165, 1.54) is 0 Å². The van der Waals surface area contributed by atoms with Crippen molar-refractivity contribution < 1.29 is 9.59 Å². The number of nitrogens with one attached hydrogen (secondary N) is 2. The third-order valence-corrected chi connectivity index (χ3v) is 2.28. The Labute approximate surface area is 104 Å². The van der Waals surface area contributed by atoms with Crippen LogP contribution in [0.1, 0.15) is 16.9 Å². The van der Waals surface area contributed by atoms with Gasteiger partial charge in [-0.2, -0.15) is 0 Å². The van der Waals surface area contributed by atoms with Crippen LogP contribution in [0.15, 0.2) is 12.1 Å². The zero-order valence-corrected chi connectivity index (χ0v) is 10.0. The van der Waals surface area contributed by atoms with E-state index < -0.39 is 11.8 Å². The van der Waals surface area contributed by atoms with E-state index >= 15 is 0 Å². The highest BCUT2D eigenvalue weighted by molar-refractivity contribution is 6.33. The smallest absolute Gasteiger partial charge is 0.271 e. The monoisotopic (exact) mass is 256 g/mol. The van der Waals surface area contributed by atoms with Gasteiger partial charge in [0, 0.05) is 20.0 Å². The van der Waals surface area contributed by atoms with Gasteiger partial charge in [0.1, 0.15) is 11.5 Å². The normalized spacial score (nSPS) is 9.76. The Hall–Kier alpha value is -1.82. The molecule has 1 heterocycles. The Kier molecular flexibility index (Phi) is 4.71. The van der Waals surface area contributed by atoms with Gasteiger partial charge < -0.3 is 16.4 Å². The Morgan fingerprint density at radius 2 is 2.18 bits per heavy atom. The predicted molar refractivity (Wildman–Crippen MR) is 64.9 cm³/mol. The van der Waals surface area contributed by atoms with Crippen molar-refractivity contribution in [3.05, 3.63) is 22.8 Å². The summed E-state index contributed by atoms with van der Waals surface area (Å²) in [7, 11) is 1.69. The molecule has 0 bridgehead atoms. The molecule has 7 heteroatoms. The molecule has 1 rings (SSSR count). The number of carbonyl (C=O) groups excluding carboxylic acids is 2. The lowest BCUT2D eigenvalue weighted by Gasteiger charge is -2.06. The van der Waals surface area contributed by atoms with Crippen molar-refractivity contribution in [2.75, 3.05) is 18.9 Å². The second kappa shape index (κ2) is 6.05. The van der Waals surface area contributed by atoms with Gasteiger partial charge in [-0.15, -0.1) is 0 Å². The maximum Gasteiger partial charge on any atom is 0.271 e. The fourth-order valence-electron chi connectivity index (χ4n) is 1.12. The van der Waals surface area contributed by atoms with Gasteiger partial charge in [-0.05, 0) is 12.1 Å². The third kappa shape index (κ3) is 3.92. The summed E-state index contributed by atoms with van der Waals surface area (Å²) in [6.07, 6.45) is 0.0784. The van der Waals surface area contributed by atoms with Crippen molar-refractivity contribution >= 4 is 29.2 Å². The van der Waals surface area contributed by atoms with E-state index in [-0.39, 0.29) is 23.7 Å². The molecule has 4 N–H and O–H groups in total. The summed E-state index contributed by atoms with van der Waals surface area (Å²) in [5.41, 5.74) is 5.06. The quantitative estimate of drug-likeness (QED) is 0.710. The van der Waals surface area contributed by atoms with Crippen molar-refractivity contribution in [1.82, 2.24) is 10.3 Å². The molecule has 0 aliphatic heterocycles. The maximum atomic E-state index is 11.7. The fraction of sp³-hybridized carbons (Fsp3) is 0.300. The molecule has 0 saturated carbocycles. The standard InChI is InChI=1S/C10H13ClN4O2/c1-13-8-3-2-6(11)9(15-8)10(17)14-5-4-7(12)16/h2-3H,4-5H2,1H3,(H2,12,16)(H,13,15)(H,14,17). The number of hydrogen-bond acceptors (Lipinski definition) is 4. The van der Waals surface area contributed by atoms with E-state index in [4.69, 9.17) is 17.3 Å². The van der Waals surface area contributed by atoms with Gasteiger partial charge in [-0.25, -0.2) is 4.98 Å². The summed E-state index contributed by atoms with van der Waals surface area (Å²) < 4.78 is 0. The molecule has 1 aromatic heterocycles. The van der Waals surface area contributed by atoms with Crippen molar-refractivity contribution in [3.8, 4) is 0 Å². The molecule has 0 saturated heterocycles. The van der Waals surface area contributed by atoms with Crippen LogP contribution < -0.4 is 16.4 Å². The van der Waals surface area contributed by atoms with E-state index in [2.05, 4.69) is 15.6 Å². The number of nitrogens with two attached hydrogens (primary N) is 1. The lowest BCUT2D eigenvalue weighted by Crippen LogP contribution is -2.28. The molecule has 2 amide bonds. The lowest BCUT2D eigenvalue weighted by atomic mass is 10.3. The molecular formula is C10H13ClN4O2. The Morgan fingerprint density at radius 3 is 2.76 bits per heavy atom. The number of anilines is 1. The van der Waals surface area contributed by atoms with E-state index in [1.54, 1.807) is 19.2 Å². The summed E-state index contributed by atoms with van der Waals surface area (Å²) in [6.45, 7) is 0.163. The first kappa shape index (κ1) is 13.2. The van der Waals surface area contributed by atoms with Crippen LogP contribution in [0.4, 0.5) is 5.82 Å². The topological polar surface area (TPSA) is 97.1 Å². The van der Waals surface area contributed by atoms with Gasteiger partial charge >= 0.3 is 0 Å². The summed E-state index contributed by atoms with van der Waals surface area (Å²) in [5.74, 6) is -0.379. The molecule has 92 valence electrons. The molecule has 0 unspecified atom stereocenters. The summed E-state index contributed by atoms with van der Waals surface area (Å²) in [5, 5.41) is 5.56. The molecule has 0 aromatic carbocycles. The van der Waals surface area contributed by atoms with Crippen molar-refractivity contribution in [2.45, 2.75) is 6.42 Å². The first-order valence-electron chi connectivity index (χ1n) is 4.95. The number of pyridine rings is 1. The van der Waals surface area contributed by atoms with Gasteiger partial charge in [0.15, 0.2) is 0 Å². The number of nitrogens with zero attached hydrogens (tertiary/aromatic N) is 1. The first-order valence-corrected chi connectivity index (χ1v) is 5.33. The largest absolute Gasteiger partial charge is 0.373 e. The molecule has 0 atom stereocenters. The Balaban J connectivity index is 2.70. The van der Waals surface area contributed by atoms with Crippen LogP contribution in [-0.2, 0) is 4.79 Å². The van der Waals surface area contributed by atoms with Gasteiger partial charge in [-0.3, -0.25) is 9.59 Å². The number of amides is 2. The summed E-state index contributed by atoms with van der Waals surface area (Å²) in [6, 6.07) is 3.23. The lowest BCUT2D eigenvalue weighted by molar-refractivity contribution is -0.117. The molecule has 0 fully saturated rings. The number of carbonyl (C=O) groups is 2. The molecule has 0 aliphatic carbocycles. The zero-order valence-electron chi connectivity index (χ0n) is 9.29. The Morgan fingerprint density at radius 1 is 1.47 bits per heavy atom. The van der Waals surface area contributed by atoms with Crippen LogP contribution in [0.2, 0.25) is 5.02 Å². The maximum absolute atomic E-state index is 11.7. The number of rotatable bonds is 5. The number of aromatic nitrogens is 1. The number of primary amides is 1. The SMILES string of the molecule is CNc1ccc(Cl)c(C(=O)NCCC(N)=O)n1. The second-order valence-electron chi connectivity index (χ2n) is 3.25. The van der Waals surface area contributed by atoms with E-state index in [0.29, 0.717) is 5.82 Å². The molecule has 1 aromatic rings. The van der Waals surface area contributed by atoms with Crippen LogP contribution in [0.5, 0.6) is 0 Å². The molecule has 0 aliphatic rings. The Bertz CT molecular complexity index is 436. The van der Waals surface area contributed by atoms with Crippen molar-refractivity contribution in [1.29, 1.82) is 0 Å². The third-order valence-electron chi connectivity index (χ3n) is 1.97. The molecular weight excluding hydrogens is 244 g/mol. The van der Waals surface area contributed by atoms with Crippen LogP contribution >= 0.6 is 11.6 Å². The minimum absolute atomic E-state index is 0.0784. The van der Waals surface area contributed by atoms with E-state index in [9.17, 15) is 9.59 Å². The predicted octanol–water partition coefficient (Wildman–Crippen LogP) is 0.382.